The Morgan fingerprint density at radius 1 is 1.29 bits per heavy atom. The number of carbonyl (C=O) groups is 1. The normalized spacial score (nSPS) is 21.9. The molecule has 1 saturated heterocycles. The van der Waals surface area contributed by atoms with E-state index in [0.29, 0.717) is 19.8 Å². The summed E-state index contributed by atoms with van der Waals surface area (Å²) in [6, 6.07) is 3.67. The molecule has 1 fully saturated rings. The van der Waals surface area contributed by atoms with Gasteiger partial charge in [0.25, 0.3) is 0 Å². The van der Waals surface area contributed by atoms with Crippen molar-refractivity contribution in [3.63, 3.8) is 0 Å². The Labute approximate surface area is 132 Å². The van der Waals surface area contributed by atoms with E-state index in [-0.39, 0.29) is 18.1 Å². The Balaban J connectivity index is 1.74. The zero-order valence-electron chi connectivity index (χ0n) is 11.9. The van der Waals surface area contributed by atoms with Crippen LogP contribution < -0.4 is 14.8 Å². The van der Waals surface area contributed by atoms with Crippen LogP contribution in [0.5, 0.6) is 11.5 Å². The molecule has 0 bridgehead atoms. The number of benzene rings is 1. The quantitative estimate of drug-likeness (QED) is 0.905. The van der Waals surface area contributed by atoms with Crippen LogP contribution in [0.15, 0.2) is 16.6 Å². The van der Waals surface area contributed by atoms with Crippen molar-refractivity contribution in [2.24, 2.45) is 0 Å². The molecule has 114 valence electrons. The lowest BCUT2D eigenvalue weighted by Gasteiger charge is -2.23. The molecular weight excluding hydrogens is 338 g/mol. The van der Waals surface area contributed by atoms with Crippen molar-refractivity contribution < 1.29 is 19.0 Å². The number of amides is 1. The fraction of sp³-hybridized carbons (Fsp3) is 0.533. The first-order valence-electron chi connectivity index (χ1n) is 7.16. The molecule has 2 aliphatic heterocycles. The fourth-order valence-corrected chi connectivity index (χ4v) is 3.25. The molecular formula is C15H18BrNO4. The van der Waals surface area contributed by atoms with Crippen LogP contribution in [-0.4, -0.2) is 31.8 Å². The van der Waals surface area contributed by atoms with Crippen LogP contribution in [0.4, 0.5) is 0 Å². The van der Waals surface area contributed by atoms with Crippen molar-refractivity contribution in [1.29, 1.82) is 0 Å². The van der Waals surface area contributed by atoms with Crippen molar-refractivity contribution in [3.8, 4) is 11.5 Å². The summed E-state index contributed by atoms with van der Waals surface area (Å²) < 4.78 is 17.4. The zero-order valence-corrected chi connectivity index (χ0v) is 13.4. The van der Waals surface area contributed by atoms with Crippen molar-refractivity contribution in [1.82, 2.24) is 5.32 Å². The SMILES string of the molecule is CC(NC(=O)C1CCCO1)c1cc2c(cc1Br)OCCO2. The molecule has 2 aliphatic rings. The lowest BCUT2D eigenvalue weighted by Crippen LogP contribution is -2.36. The second-order valence-corrected chi connectivity index (χ2v) is 6.10. The van der Waals surface area contributed by atoms with Crippen molar-refractivity contribution >= 4 is 21.8 Å². The van der Waals surface area contributed by atoms with Crippen LogP contribution in [0, 0.1) is 0 Å². The molecule has 1 amide bonds. The van der Waals surface area contributed by atoms with Gasteiger partial charge in [-0.2, -0.15) is 0 Å². The Hall–Kier alpha value is -1.27. The number of nitrogens with one attached hydrogen (secondary N) is 1. The lowest BCUT2D eigenvalue weighted by molar-refractivity contribution is -0.130. The summed E-state index contributed by atoms with van der Waals surface area (Å²) in [4.78, 5) is 12.1. The molecule has 2 unspecified atom stereocenters. The molecule has 21 heavy (non-hydrogen) atoms. The molecule has 0 saturated carbocycles. The average molecular weight is 356 g/mol. The van der Waals surface area contributed by atoms with Gasteiger partial charge in [0.1, 0.15) is 19.3 Å². The van der Waals surface area contributed by atoms with Gasteiger partial charge in [-0.15, -0.1) is 0 Å². The maximum absolute atomic E-state index is 12.1. The predicted octanol–water partition coefficient (Wildman–Crippen LogP) is 2.58. The van der Waals surface area contributed by atoms with Gasteiger partial charge in [-0.05, 0) is 37.5 Å². The minimum absolute atomic E-state index is 0.0539. The van der Waals surface area contributed by atoms with Crippen LogP contribution in [-0.2, 0) is 9.53 Å². The number of hydrogen-bond acceptors (Lipinski definition) is 4. The molecule has 2 atom stereocenters. The smallest absolute Gasteiger partial charge is 0.249 e. The number of fused-ring (bicyclic) bond motifs is 1. The van der Waals surface area contributed by atoms with Crippen LogP contribution in [0.2, 0.25) is 0 Å². The van der Waals surface area contributed by atoms with Crippen LogP contribution in [0.3, 0.4) is 0 Å². The van der Waals surface area contributed by atoms with Gasteiger partial charge in [-0.25, -0.2) is 0 Å². The zero-order chi connectivity index (χ0) is 14.8. The third-order valence-corrected chi connectivity index (χ3v) is 4.40. The van der Waals surface area contributed by atoms with E-state index in [1.165, 1.54) is 0 Å². The van der Waals surface area contributed by atoms with Crippen LogP contribution >= 0.6 is 15.9 Å². The molecule has 0 radical (unpaired) electrons. The Morgan fingerprint density at radius 2 is 2.00 bits per heavy atom. The predicted molar refractivity (Wildman–Crippen MR) is 80.7 cm³/mol. The highest BCUT2D eigenvalue weighted by atomic mass is 79.9. The second kappa shape index (κ2) is 6.23. The van der Waals surface area contributed by atoms with Gasteiger partial charge in [0.2, 0.25) is 5.91 Å². The molecule has 1 aromatic carbocycles. The highest BCUT2D eigenvalue weighted by molar-refractivity contribution is 9.10. The highest BCUT2D eigenvalue weighted by Crippen LogP contribution is 2.37. The monoisotopic (exact) mass is 355 g/mol. The van der Waals surface area contributed by atoms with E-state index < -0.39 is 0 Å². The van der Waals surface area contributed by atoms with Gasteiger partial charge < -0.3 is 19.5 Å². The minimum atomic E-state index is -0.316. The largest absolute Gasteiger partial charge is 0.486 e. The maximum Gasteiger partial charge on any atom is 0.249 e. The van der Waals surface area contributed by atoms with Gasteiger partial charge in [0, 0.05) is 11.1 Å². The number of rotatable bonds is 3. The standard InChI is InChI=1S/C15H18BrNO4/c1-9(17-15(18)12-3-2-4-19-12)10-7-13-14(8-11(10)16)21-6-5-20-13/h7-9,12H,2-6H2,1H3,(H,17,18). The van der Waals surface area contributed by atoms with E-state index in [1.54, 1.807) is 0 Å². The second-order valence-electron chi connectivity index (χ2n) is 5.25. The number of hydrogen-bond donors (Lipinski definition) is 1. The average Bonchev–Trinajstić information content (AvgIpc) is 3.00. The van der Waals surface area contributed by atoms with Crippen LogP contribution in [0.25, 0.3) is 0 Å². The molecule has 0 spiro atoms. The number of carbonyl (C=O) groups excluding carboxylic acids is 1. The number of ether oxygens (including phenoxy) is 3. The molecule has 1 aromatic rings. The van der Waals surface area contributed by atoms with E-state index >= 15 is 0 Å². The summed E-state index contributed by atoms with van der Waals surface area (Å²) in [6.07, 6.45) is 1.42. The summed E-state index contributed by atoms with van der Waals surface area (Å²) in [5.41, 5.74) is 0.964. The van der Waals surface area contributed by atoms with E-state index in [1.807, 2.05) is 19.1 Å². The summed E-state index contributed by atoms with van der Waals surface area (Å²) in [6.45, 7) is 3.72. The van der Waals surface area contributed by atoms with Crippen molar-refractivity contribution in [2.75, 3.05) is 19.8 Å². The summed E-state index contributed by atoms with van der Waals surface area (Å²) >= 11 is 3.53. The maximum atomic E-state index is 12.1. The van der Waals surface area contributed by atoms with Gasteiger partial charge in [-0.1, -0.05) is 15.9 Å². The highest BCUT2D eigenvalue weighted by Gasteiger charge is 2.26. The van der Waals surface area contributed by atoms with E-state index in [4.69, 9.17) is 14.2 Å². The molecule has 0 aliphatic carbocycles. The molecule has 2 heterocycles. The summed E-state index contributed by atoms with van der Waals surface area (Å²) in [7, 11) is 0. The Kier molecular flexibility index (Phi) is 4.35. The first-order valence-corrected chi connectivity index (χ1v) is 7.95. The Bertz CT molecular complexity index is 543. The fourth-order valence-electron chi connectivity index (χ4n) is 2.58. The molecule has 5 nitrogen and oxygen atoms in total. The lowest BCUT2D eigenvalue weighted by atomic mass is 10.1. The van der Waals surface area contributed by atoms with E-state index in [9.17, 15) is 4.79 Å². The Morgan fingerprint density at radius 3 is 2.67 bits per heavy atom. The molecule has 1 N–H and O–H groups in total. The third-order valence-electron chi connectivity index (χ3n) is 3.71. The summed E-state index contributed by atoms with van der Waals surface area (Å²) in [5.74, 6) is 1.40. The topological polar surface area (TPSA) is 56.8 Å². The van der Waals surface area contributed by atoms with Crippen molar-refractivity contribution in [3.05, 3.63) is 22.2 Å². The molecule has 3 rings (SSSR count). The summed E-state index contributed by atoms with van der Waals surface area (Å²) in [5, 5.41) is 3.00. The van der Waals surface area contributed by atoms with Gasteiger partial charge in [0.15, 0.2) is 11.5 Å². The number of halogens is 1. The molecule has 0 aromatic heterocycles. The van der Waals surface area contributed by atoms with Gasteiger partial charge >= 0.3 is 0 Å². The minimum Gasteiger partial charge on any atom is -0.486 e. The van der Waals surface area contributed by atoms with Gasteiger partial charge in [0.05, 0.1) is 6.04 Å². The first kappa shape index (κ1) is 14.7. The van der Waals surface area contributed by atoms with Crippen LogP contribution in [0.1, 0.15) is 31.4 Å². The first-order chi connectivity index (χ1) is 10.1. The van der Waals surface area contributed by atoms with Crippen molar-refractivity contribution in [2.45, 2.75) is 31.9 Å². The van der Waals surface area contributed by atoms with E-state index in [2.05, 4.69) is 21.2 Å². The van der Waals surface area contributed by atoms with E-state index in [0.717, 1.165) is 34.4 Å². The van der Waals surface area contributed by atoms with Gasteiger partial charge in [-0.3, -0.25) is 4.79 Å². The molecule has 6 heteroatoms. The third kappa shape index (κ3) is 3.16.